The number of carboxylic acid groups (broad SMARTS) is 1. The molecule has 4 aliphatic rings. The standard InChI is InChI=1S/C39H69NO5/c1-24(2)25(3)35(9)19-20-36(10)26-15-16-29-34(7,8)31(45-22-38(12,40)33(4,5)6)28(44-14)21-39(29,23-43-13)27(26)17-18-37(36,11)30(35)32(41)42/h17,24-26,28-31H,15-16,18-23,40H2,1-14H3,(H,41,42)/t25-,26+,28-,29+,30-,31+,35-,36-,37+,38+,39+/m1/s1. The quantitative estimate of drug-likeness (QED) is 0.249. The van der Waals surface area contributed by atoms with Gasteiger partial charge >= 0.3 is 5.97 Å². The molecular weight excluding hydrogens is 562 g/mol. The van der Waals surface area contributed by atoms with Gasteiger partial charge in [0.15, 0.2) is 0 Å². The molecule has 0 aromatic rings. The zero-order chi connectivity index (χ0) is 34.2. The number of ether oxygens (including phenoxy) is 3. The third kappa shape index (κ3) is 5.39. The number of carbonyl (C=O) groups is 1. The zero-order valence-electron chi connectivity index (χ0n) is 31.4. The fourth-order valence-electron chi connectivity index (χ4n) is 11.4. The van der Waals surface area contributed by atoms with Crippen molar-refractivity contribution in [2.24, 2.45) is 67.8 Å². The summed E-state index contributed by atoms with van der Waals surface area (Å²) in [6.45, 7) is 28.3. The Morgan fingerprint density at radius 3 is 2.16 bits per heavy atom. The lowest BCUT2D eigenvalue weighted by Gasteiger charge is -2.70. The van der Waals surface area contributed by atoms with Crippen molar-refractivity contribution >= 4 is 5.97 Å². The predicted octanol–water partition coefficient (Wildman–Crippen LogP) is 8.37. The first-order chi connectivity index (χ1) is 20.5. The molecule has 3 N–H and O–H groups in total. The first-order valence-corrected chi connectivity index (χ1v) is 17.9. The van der Waals surface area contributed by atoms with Crippen LogP contribution in [-0.2, 0) is 19.0 Å². The van der Waals surface area contributed by atoms with Gasteiger partial charge in [-0.25, -0.2) is 0 Å². The summed E-state index contributed by atoms with van der Waals surface area (Å²) in [7, 11) is 3.66. The molecule has 11 atom stereocenters. The molecule has 0 radical (unpaired) electrons. The number of aliphatic carboxylic acids is 1. The molecule has 0 bridgehead atoms. The van der Waals surface area contributed by atoms with Crippen LogP contribution in [0.25, 0.3) is 0 Å². The third-order valence-corrected chi connectivity index (χ3v) is 15.5. The van der Waals surface area contributed by atoms with Crippen LogP contribution in [0.1, 0.15) is 122 Å². The number of nitrogens with two attached hydrogens (primary N) is 1. The van der Waals surface area contributed by atoms with Crippen LogP contribution in [0.4, 0.5) is 0 Å². The summed E-state index contributed by atoms with van der Waals surface area (Å²) in [4.78, 5) is 13.4. The molecule has 0 saturated heterocycles. The van der Waals surface area contributed by atoms with Crippen molar-refractivity contribution in [3.05, 3.63) is 11.6 Å². The number of fused-ring (bicyclic) bond motifs is 5. The Kier molecular flexibility index (Phi) is 9.74. The molecule has 0 amide bonds. The number of carboxylic acids is 1. The smallest absolute Gasteiger partial charge is 0.307 e. The van der Waals surface area contributed by atoms with E-state index >= 15 is 0 Å². The highest BCUT2D eigenvalue weighted by Crippen LogP contribution is 2.74. The molecule has 0 aliphatic heterocycles. The van der Waals surface area contributed by atoms with Crippen LogP contribution in [0.5, 0.6) is 0 Å². The fourth-order valence-corrected chi connectivity index (χ4v) is 11.4. The number of methoxy groups -OCH3 is 2. The Labute approximate surface area is 276 Å². The molecule has 4 rings (SSSR count). The van der Waals surface area contributed by atoms with E-state index < -0.39 is 17.4 Å². The van der Waals surface area contributed by atoms with E-state index in [1.807, 2.05) is 14.2 Å². The fraction of sp³-hybridized carbons (Fsp3) is 0.923. The summed E-state index contributed by atoms with van der Waals surface area (Å²) in [6, 6.07) is 0. The van der Waals surface area contributed by atoms with Crippen LogP contribution in [0.2, 0.25) is 0 Å². The van der Waals surface area contributed by atoms with Gasteiger partial charge in [-0.1, -0.05) is 87.8 Å². The molecular formula is C39H69NO5. The van der Waals surface area contributed by atoms with Gasteiger partial charge in [-0.3, -0.25) is 4.79 Å². The summed E-state index contributed by atoms with van der Waals surface area (Å²) in [5.74, 6) is 0.425. The third-order valence-electron chi connectivity index (χ3n) is 15.5. The van der Waals surface area contributed by atoms with E-state index in [-0.39, 0.29) is 44.7 Å². The van der Waals surface area contributed by atoms with E-state index in [4.69, 9.17) is 19.9 Å². The maximum absolute atomic E-state index is 13.4. The normalized spacial score (nSPS) is 43.4. The molecule has 6 heteroatoms. The molecule has 260 valence electrons. The number of hydrogen-bond acceptors (Lipinski definition) is 5. The van der Waals surface area contributed by atoms with Gasteiger partial charge in [0.05, 0.1) is 31.3 Å². The SMILES string of the molecule is COC[C@]12C[C@@H](OC)[C@H](OC[C@](C)(N)C(C)(C)C)C(C)(C)[C@@H]1CC[C@H]1C2=CC[C@@]2(C)[C@H](C(=O)O)[C@@](C)([C@H](C)C(C)C)CC[C@]12C. The van der Waals surface area contributed by atoms with Crippen molar-refractivity contribution in [1.29, 1.82) is 0 Å². The first kappa shape index (κ1) is 36.9. The van der Waals surface area contributed by atoms with E-state index in [1.54, 1.807) is 0 Å². The lowest BCUT2D eigenvalue weighted by Crippen LogP contribution is -2.67. The molecule has 0 unspecified atom stereocenters. The largest absolute Gasteiger partial charge is 0.481 e. The Morgan fingerprint density at radius 1 is 1.02 bits per heavy atom. The summed E-state index contributed by atoms with van der Waals surface area (Å²) in [5.41, 5.74) is 6.69. The minimum absolute atomic E-state index is 0.0893. The second-order valence-corrected chi connectivity index (χ2v) is 19.0. The van der Waals surface area contributed by atoms with E-state index in [0.717, 1.165) is 38.5 Å². The molecule has 0 heterocycles. The van der Waals surface area contributed by atoms with Crippen molar-refractivity contribution in [2.45, 2.75) is 139 Å². The van der Waals surface area contributed by atoms with E-state index in [1.165, 1.54) is 5.57 Å². The zero-order valence-corrected chi connectivity index (χ0v) is 31.4. The monoisotopic (exact) mass is 632 g/mol. The van der Waals surface area contributed by atoms with E-state index in [0.29, 0.717) is 36.9 Å². The predicted molar refractivity (Wildman–Crippen MR) is 183 cm³/mol. The van der Waals surface area contributed by atoms with Gasteiger partial charge in [-0.2, -0.15) is 0 Å². The van der Waals surface area contributed by atoms with Crippen molar-refractivity contribution in [2.75, 3.05) is 27.4 Å². The van der Waals surface area contributed by atoms with Crippen LogP contribution < -0.4 is 5.73 Å². The van der Waals surface area contributed by atoms with Gasteiger partial charge in [0, 0.05) is 25.2 Å². The van der Waals surface area contributed by atoms with Crippen LogP contribution in [0.3, 0.4) is 0 Å². The molecule has 4 aliphatic carbocycles. The maximum atomic E-state index is 13.4. The summed E-state index contributed by atoms with van der Waals surface area (Å²) in [5, 5.41) is 11.0. The minimum Gasteiger partial charge on any atom is -0.481 e. The van der Waals surface area contributed by atoms with Gasteiger partial charge in [0.2, 0.25) is 0 Å². The molecule has 6 nitrogen and oxygen atoms in total. The Hall–Kier alpha value is -0.950. The van der Waals surface area contributed by atoms with Crippen molar-refractivity contribution in [3.8, 4) is 0 Å². The van der Waals surface area contributed by atoms with Crippen LogP contribution in [-0.4, -0.2) is 56.3 Å². The maximum Gasteiger partial charge on any atom is 0.307 e. The Morgan fingerprint density at radius 2 is 1.64 bits per heavy atom. The minimum atomic E-state index is -0.615. The van der Waals surface area contributed by atoms with Crippen LogP contribution in [0.15, 0.2) is 11.6 Å². The van der Waals surface area contributed by atoms with Crippen LogP contribution in [0, 0.1) is 62.1 Å². The van der Waals surface area contributed by atoms with Gasteiger partial charge in [0.25, 0.3) is 0 Å². The van der Waals surface area contributed by atoms with Gasteiger partial charge in [-0.05, 0) is 96.2 Å². The lowest BCUT2D eigenvalue weighted by molar-refractivity contribution is -0.225. The summed E-state index contributed by atoms with van der Waals surface area (Å²) < 4.78 is 19.4. The Bertz CT molecular complexity index is 1140. The van der Waals surface area contributed by atoms with Crippen LogP contribution >= 0.6 is 0 Å². The first-order valence-electron chi connectivity index (χ1n) is 17.9. The second-order valence-electron chi connectivity index (χ2n) is 19.0. The lowest BCUT2D eigenvalue weighted by atomic mass is 9.34. The molecule has 3 saturated carbocycles. The number of rotatable bonds is 9. The van der Waals surface area contributed by atoms with E-state index in [9.17, 15) is 9.90 Å². The molecule has 0 aromatic carbocycles. The topological polar surface area (TPSA) is 91.0 Å². The molecule has 0 aromatic heterocycles. The van der Waals surface area contributed by atoms with Crippen molar-refractivity contribution in [1.82, 2.24) is 0 Å². The summed E-state index contributed by atoms with van der Waals surface area (Å²) >= 11 is 0. The number of hydrogen-bond donors (Lipinski definition) is 2. The molecule has 45 heavy (non-hydrogen) atoms. The van der Waals surface area contributed by atoms with E-state index in [2.05, 4.69) is 89.2 Å². The van der Waals surface area contributed by atoms with Gasteiger partial charge < -0.3 is 25.1 Å². The summed E-state index contributed by atoms with van der Waals surface area (Å²) in [6.07, 6.45) is 8.09. The Balaban J connectivity index is 1.79. The highest BCUT2D eigenvalue weighted by molar-refractivity contribution is 5.73. The second kappa shape index (κ2) is 11.9. The highest BCUT2D eigenvalue weighted by Gasteiger charge is 2.70. The van der Waals surface area contributed by atoms with Gasteiger partial charge in [-0.15, -0.1) is 0 Å². The molecule has 3 fully saturated rings. The highest BCUT2D eigenvalue weighted by atomic mass is 16.5. The van der Waals surface area contributed by atoms with Gasteiger partial charge in [0.1, 0.15) is 0 Å². The number of allylic oxidation sites excluding steroid dienone is 1. The van der Waals surface area contributed by atoms with Crippen molar-refractivity contribution < 1.29 is 24.1 Å². The molecule has 0 spiro atoms. The average Bonchev–Trinajstić information content (AvgIpc) is 2.91. The average molecular weight is 632 g/mol. The van der Waals surface area contributed by atoms with Crippen molar-refractivity contribution in [3.63, 3.8) is 0 Å².